The van der Waals surface area contributed by atoms with E-state index in [1.165, 1.54) is 17.0 Å². The zero-order valence-corrected chi connectivity index (χ0v) is 9.48. The fourth-order valence-electron chi connectivity index (χ4n) is 2.51. The molecule has 2 aromatic rings. The Labute approximate surface area is 95.9 Å². The molecule has 0 fully saturated rings. The lowest BCUT2D eigenvalue weighted by Crippen LogP contribution is -2.34. The van der Waals surface area contributed by atoms with Gasteiger partial charge in [-0.05, 0) is 24.6 Å². The third kappa shape index (κ3) is 1.46. The molecule has 0 saturated carbocycles. The summed E-state index contributed by atoms with van der Waals surface area (Å²) in [7, 11) is 0. The molecule has 0 amide bonds. The summed E-state index contributed by atoms with van der Waals surface area (Å²) in [5.74, 6) is 0. The minimum Gasteiger partial charge on any atom is -0.346 e. The number of nitrogens with zero attached hydrogens (tertiary/aromatic N) is 1. The molecule has 2 heterocycles. The predicted octanol–water partition coefficient (Wildman–Crippen LogP) is 2.49. The van der Waals surface area contributed by atoms with Crippen molar-refractivity contribution in [2.24, 2.45) is 0 Å². The van der Waals surface area contributed by atoms with Crippen molar-refractivity contribution in [2.45, 2.75) is 19.5 Å². The minimum absolute atomic E-state index is 0.351. The Morgan fingerprint density at radius 1 is 1.12 bits per heavy atom. The van der Waals surface area contributed by atoms with Gasteiger partial charge in [-0.1, -0.05) is 30.3 Å². The van der Waals surface area contributed by atoms with Gasteiger partial charge in [0.25, 0.3) is 0 Å². The Hall–Kier alpha value is -1.54. The molecule has 2 heteroatoms. The molecule has 0 radical (unpaired) electrons. The zero-order chi connectivity index (χ0) is 11.0. The van der Waals surface area contributed by atoms with Gasteiger partial charge in [0.15, 0.2) is 0 Å². The molecule has 1 aromatic heterocycles. The number of hydrogen-bond acceptors (Lipinski definition) is 1. The number of rotatable bonds is 1. The van der Waals surface area contributed by atoms with Crippen LogP contribution in [0.2, 0.25) is 0 Å². The highest BCUT2D eigenvalue weighted by Gasteiger charge is 2.21. The molecule has 0 bridgehead atoms. The van der Waals surface area contributed by atoms with Gasteiger partial charge in [-0.25, -0.2) is 0 Å². The molecule has 1 aromatic carbocycles. The molecule has 3 rings (SSSR count). The molecule has 0 aliphatic carbocycles. The van der Waals surface area contributed by atoms with Gasteiger partial charge >= 0.3 is 0 Å². The van der Waals surface area contributed by atoms with Crippen molar-refractivity contribution in [1.82, 2.24) is 9.88 Å². The Bertz CT molecular complexity index is 485. The van der Waals surface area contributed by atoms with Crippen LogP contribution in [-0.4, -0.2) is 11.1 Å². The zero-order valence-electron chi connectivity index (χ0n) is 9.48. The summed E-state index contributed by atoms with van der Waals surface area (Å²) in [6, 6.07) is 15.4. The average molecular weight is 212 g/mol. The largest absolute Gasteiger partial charge is 0.346 e. The molecule has 2 nitrogen and oxygen atoms in total. The third-order valence-electron chi connectivity index (χ3n) is 3.35. The van der Waals surface area contributed by atoms with Gasteiger partial charge in [0, 0.05) is 24.5 Å². The second-order valence-corrected chi connectivity index (χ2v) is 4.35. The Kier molecular flexibility index (Phi) is 2.29. The van der Waals surface area contributed by atoms with Crippen molar-refractivity contribution in [2.75, 3.05) is 6.54 Å². The molecule has 1 aliphatic rings. The van der Waals surface area contributed by atoms with Gasteiger partial charge in [-0.3, -0.25) is 0 Å². The summed E-state index contributed by atoms with van der Waals surface area (Å²) in [4.78, 5) is 0. The van der Waals surface area contributed by atoms with E-state index in [9.17, 15) is 0 Å². The minimum atomic E-state index is 0.351. The fourth-order valence-corrected chi connectivity index (χ4v) is 2.51. The van der Waals surface area contributed by atoms with E-state index in [-0.39, 0.29) is 0 Å². The third-order valence-corrected chi connectivity index (χ3v) is 3.35. The Morgan fingerprint density at radius 2 is 1.94 bits per heavy atom. The summed E-state index contributed by atoms with van der Waals surface area (Å²) in [5, 5.41) is 3.58. The van der Waals surface area contributed by atoms with E-state index in [1.807, 2.05) is 0 Å². The van der Waals surface area contributed by atoms with Gasteiger partial charge in [0.05, 0.1) is 6.04 Å². The number of benzene rings is 1. The lowest BCUT2D eigenvalue weighted by Gasteiger charge is -2.27. The van der Waals surface area contributed by atoms with Crippen LogP contribution < -0.4 is 5.32 Å². The van der Waals surface area contributed by atoms with Gasteiger partial charge < -0.3 is 9.88 Å². The van der Waals surface area contributed by atoms with Crippen LogP contribution in [0.25, 0.3) is 0 Å². The molecule has 0 spiro atoms. The molecule has 1 unspecified atom stereocenters. The van der Waals surface area contributed by atoms with Crippen molar-refractivity contribution < 1.29 is 0 Å². The van der Waals surface area contributed by atoms with E-state index in [4.69, 9.17) is 0 Å². The number of aromatic nitrogens is 1. The Balaban J connectivity index is 2.05. The van der Waals surface area contributed by atoms with E-state index in [2.05, 4.69) is 59.3 Å². The van der Waals surface area contributed by atoms with Crippen LogP contribution in [-0.2, 0) is 6.54 Å². The quantitative estimate of drug-likeness (QED) is 0.768. The highest BCUT2D eigenvalue weighted by atomic mass is 15.1. The van der Waals surface area contributed by atoms with Crippen LogP contribution in [0.3, 0.4) is 0 Å². The lowest BCUT2D eigenvalue weighted by molar-refractivity contribution is 0.461. The van der Waals surface area contributed by atoms with E-state index in [0.717, 1.165) is 13.1 Å². The Morgan fingerprint density at radius 3 is 2.75 bits per heavy atom. The highest BCUT2D eigenvalue weighted by molar-refractivity contribution is 5.31. The van der Waals surface area contributed by atoms with E-state index >= 15 is 0 Å². The smallest absolute Gasteiger partial charge is 0.0731 e. The van der Waals surface area contributed by atoms with Crippen LogP contribution in [0, 0.1) is 6.92 Å². The van der Waals surface area contributed by atoms with E-state index in [1.54, 1.807) is 0 Å². The van der Waals surface area contributed by atoms with Crippen LogP contribution in [0.5, 0.6) is 0 Å². The molecule has 82 valence electrons. The summed E-state index contributed by atoms with van der Waals surface area (Å²) >= 11 is 0. The molecule has 1 atom stereocenters. The molecule has 16 heavy (non-hydrogen) atoms. The first-order chi connectivity index (χ1) is 7.86. The maximum absolute atomic E-state index is 3.58. The van der Waals surface area contributed by atoms with Crippen LogP contribution in [0.4, 0.5) is 0 Å². The normalized spacial score (nSPS) is 19.4. The van der Waals surface area contributed by atoms with Gasteiger partial charge in [0.1, 0.15) is 0 Å². The van der Waals surface area contributed by atoms with Crippen LogP contribution in [0.1, 0.15) is 23.0 Å². The summed E-state index contributed by atoms with van der Waals surface area (Å²) in [6.07, 6.45) is 0. The summed E-state index contributed by atoms with van der Waals surface area (Å²) < 4.78 is 2.41. The SMILES string of the molecule is Cc1ccc2n1CCNC2c1ccccc1. The summed E-state index contributed by atoms with van der Waals surface area (Å²) in [6.45, 7) is 4.30. The van der Waals surface area contributed by atoms with Gasteiger partial charge in [0.2, 0.25) is 0 Å². The number of fused-ring (bicyclic) bond motifs is 1. The van der Waals surface area contributed by atoms with Gasteiger partial charge in [-0.2, -0.15) is 0 Å². The molecule has 1 aliphatic heterocycles. The van der Waals surface area contributed by atoms with E-state index < -0.39 is 0 Å². The molecule has 1 N–H and O–H groups in total. The van der Waals surface area contributed by atoms with Crippen molar-refractivity contribution in [1.29, 1.82) is 0 Å². The number of nitrogens with one attached hydrogen (secondary N) is 1. The first-order valence-corrected chi connectivity index (χ1v) is 5.80. The van der Waals surface area contributed by atoms with E-state index in [0.29, 0.717) is 6.04 Å². The first-order valence-electron chi connectivity index (χ1n) is 5.80. The number of aryl methyl sites for hydroxylation is 1. The second kappa shape index (κ2) is 3.80. The average Bonchev–Trinajstić information content (AvgIpc) is 2.73. The topological polar surface area (TPSA) is 17.0 Å². The van der Waals surface area contributed by atoms with Crippen molar-refractivity contribution in [3.63, 3.8) is 0 Å². The maximum atomic E-state index is 3.58. The second-order valence-electron chi connectivity index (χ2n) is 4.35. The van der Waals surface area contributed by atoms with Gasteiger partial charge in [-0.15, -0.1) is 0 Å². The monoisotopic (exact) mass is 212 g/mol. The standard InChI is InChI=1S/C14H16N2/c1-11-7-8-13-14(15-9-10-16(11)13)12-5-3-2-4-6-12/h2-8,14-15H,9-10H2,1H3. The molecular weight excluding hydrogens is 196 g/mol. The van der Waals surface area contributed by atoms with Crippen LogP contribution >= 0.6 is 0 Å². The van der Waals surface area contributed by atoms with Crippen LogP contribution in [0.15, 0.2) is 42.5 Å². The van der Waals surface area contributed by atoms with Crippen molar-refractivity contribution in [3.05, 3.63) is 59.4 Å². The first kappa shape index (κ1) is 9.67. The lowest BCUT2D eigenvalue weighted by atomic mass is 10.0. The maximum Gasteiger partial charge on any atom is 0.0731 e. The molecule has 0 saturated heterocycles. The fraction of sp³-hybridized carbons (Fsp3) is 0.286. The highest BCUT2D eigenvalue weighted by Crippen LogP contribution is 2.26. The van der Waals surface area contributed by atoms with Crippen molar-refractivity contribution >= 4 is 0 Å². The van der Waals surface area contributed by atoms with Crippen molar-refractivity contribution in [3.8, 4) is 0 Å². The predicted molar refractivity (Wildman–Crippen MR) is 65.5 cm³/mol. The summed E-state index contributed by atoms with van der Waals surface area (Å²) in [5.41, 5.74) is 4.09. The molecular formula is C14H16N2. The number of hydrogen-bond donors (Lipinski definition) is 1.